The molecule has 3 nitrogen and oxygen atoms in total. The highest BCUT2D eigenvalue weighted by Crippen LogP contribution is 2.37. The first-order chi connectivity index (χ1) is 10.6. The monoisotopic (exact) mass is 334 g/mol. The number of rotatable bonds is 4. The van der Waals surface area contributed by atoms with Crippen molar-refractivity contribution in [2.75, 3.05) is 13.2 Å². The summed E-state index contributed by atoms with van der Waals surface area (Å²) in [5.74, 6) is -2.43. The number of halogens is 4. The third-order valence-corrected chi connectivity index (χ3v) is 3.74. The van der Waals surface area contributed by atoms with Crippen LogP contribution in [0.25, 0.3) is 0 Å². The number of ketones is 1. The van der Waals surface area contributed by atoms with Gasteiger partial charge < -0.3 is 9.47 Å². The minimum Gasteiger partial charge on any atom is -0.348 e. The summed E-state index contributed by atoms with van der Waals surface area (Å²) in [5, 5.41) is 0. The van der Waals surface area contributed by atoms with Crippen molar-refractivity contribution >= 4 is 5.78 Å². The van der Waals surface area contributed by atoms with Gasteiger partial charge in [-0.25, -0.2) is 4.39 Å². The van der Waals surface area contributed by atoms with Gasteiger partial charge in [0.05, 0.1) is 13.2 Å². The second-order valence-corrected chi connectivity index (χ2v) is 6.14. The van der Waals surface area contributed by atoms with Crippen LogP contribution in [0.4, 0.5) is 17.6 Å². The maximum absolute atomic E-state index is 13.6. The molecule has 1 fully saturated rings. The summed E-state index contributed by atoms with van der Waals surface area (Å²) in [5.41, 5.74) is -0.484. The van der Waals surface area contributed by atoms with Gasteiger partial charge in [0.15, 0.2) is 6.29 Å². The molecular formula is C16H18F4O3. The van der Waals surface area contributed by atoms with Crippen LogP contribution < -0.4 is 0 Å². The number of benzene rings is 1. The standard InChI is InChI=1S/C16H18F4O3/c1-15(2,9-13(21)16(18,19)20)12-8-10(17)4-5-11(12)14-22-6-3-7-23-14/h4-5,8,14H,3,6-7,9H2,1-2H3. The SMILES string of the molecule is CC(C)(CC(=O)C(F)(F)F)c1cc(F)ccc1C1OCCCO1. The fourth-order valence-electron chi connectivity index (χ4n) is 2.58. The highest BCUT2D eigenvalue weighted by molar-refractivity contribution is 5.85. The number of Topliss-reactive ketones (excluding diaryl/α,β-unsaturated/α-hetero) is 1. The summed E-state index contributed by atoms with van der Waals surface area (Å²) in [7, 11) is 0. The molecule has 0 aromatic heterocycles. The Morgan fingerprint density at radius 3 is 2.39 bits per heavy atom. The van der Waals surface area contributed by atoms with Crippen LogP contribution in [0, 0.1) is 5.82 Å². The summed E-state index contributed by atoms with van der Waals surface area (Å²) in [6.45, 7) is 3.84. The molecule has 0 bridgehead atoms. The zero-order chi connectivity index (χ0) is 17.3. The fraction of sp³-hybridized carbons (Fsp3) is 0.562. The summed E-state index contributed by atoms with van der Waals surface area (Å²) in [6.07, 6.45) is -5.75. The normalized spacial score (nSPS) is 17.3. The smallest absolute Gasteiger partial charge is 0.348 e. The van der Waals surface area contributed by atoms with Crippen LogP contribution in [0.3, 0.4) is 0 Å². The van der Waals surface area contributed by atoms with E-state index in [0.29, 0.717) is 25.2 Å². The summed E-state index contributed by atoms with van der Waals surface area (Å²) in [6, 6.07) is 3.77. The second-order valence-electron chi connectivity index (χ2n) is 6.14. The Morgan fingerprint density at radius 1 is 1.22 bits per heavy atom. The van der Waals surface area contributed by atoms with Crippen molar-refractivity contribution in [1.82, 2.24) is 0 Å². The Hall–Kier alpha value is -1.47. The summed E-state index contributed by atoms with van der Waals surface area (Å²) < 4.78 is 62.2. The van der Waals surface area contributed by atoms with Gasteiger partial charge in [-0.15, -0.1) is 0 Å². The molecule has 1 aliphatic heterocycles. The molecule has 0 amide bonds. The molecule has 0 unspecified atom stereocenters. The van der Waals surface area contributed by atoms with Gasteiger partial charge in [-0.2, -0.15) is 13.2 Å². The van der Waals surface area contributed by atoms with Crippen LogP contribution in [0.15, 0.2) is 18.2 Å². The van der Waals surface area contributed by atoms with Gasteiger partial charge in [0.1, 0.15) is 5.82 Å². The molecule has 2 rings (SSSR count). The number of alkyl halides is 3. The molecule has 23 heavy (non-hydrogen) atoms. The van der Waals surface area contributed by atoms with Crippen LogP contribution in [0.1, 0.15) is 44.1 Å². The Balaban J connectivity index is 2.35. The third-order valence-electron chi connectivity index (χ3n) is 3.74. The van der Waals surface area contributed by atoms with E-state index in [0.717, 1.165) is 6.07 Å². The Kier molecular flexibility index (Phi) is 5.10. The average molecular weight is 334 g/mol. The van der Waals surface area contributed by atoms with Crippen LogP contribution in [0.5, 0.6) is 0 Å². The van der Waals surface area contributed by atoms with Gasteiger partial charge in [-0.3, -0.25) is 4.79 Å². The predicted molar refractivity (Wildman–Crippen MR) is 74.4 cm³/mol. The highest BCUT2D eigenvalue weighted by atomic mass is 19.4. The van der Waals surface area contributed by atoms with Crippen molar-refractivity contribution in [3.05, 3.63) is 35.1 Å². The number of hydrogen-bond donors (Lipinski definition) is 0. The highest BCUT2D eigenvalue weighted by Gasteiger charge is 2.42. The molecule has 0 atom stereocenters. The van der Waals surface area contributed by atoms with E-state index in [2.05, 4.69) is 0 Å². The van der Waals surface area contributed by atoms with Gasteiger partial charge in [-0.05, 0) is 29.5 Å². The van der Waals surface area contributed by atoms with E-state index in [9.17, 15) is 22.4 Å². The third kappa shape index (κ3) is 4.29. The molecule has 0 N–H and O–H groups in total. The van der Waals surface area contributed by atoms with Crippen molar-refractivity contribution in [3.8, 4) is 0 Å². The predicted octanol–water partition coefficient (Wildman–Crippen LogP) is 4.06. The lowest BCUT2D eigenvalue weighted by atomic mass is 9.77. The van der Waals surface area contributed by atoms with Crippen LogP contribution in [-0.4, -0.2) is 25.2 Å². The van der Waals surface area contributed by atoms with E-state index in [1.54, 1.807) is 0 Å². The van der Waals surface area contributed by atoms with Gasteiger partial charge >= 0.3 is 6.18 Å². The number of carbonyl (C=O) groups excluding carboxylic acids is 1. The van der Waals surface area contributed by atoms with Crippen molar-refractivity contribution < 1.29 is 31.8 Å². The molecule has 0 radical (unpaired) electrons. The Bertz CT molecular complexity index is 575. The lowest BCUT2D eigenvalue weighted by Crippen LogP contribution is -2.32. The maximum Gasteiger partial charge on any atom is 0.450 e. The summed E-state index contributed by atoms with van der Waals surface area (Å²) >= 11 is 0. The lowest BCUT2D eigenvalue weighted by molar-refractivity contribution is -0.183. The molecule has 1 heterocycles. The molecule has 128 valence electrons. The van der Waals surface area contributed by atoms with Crippen molar-refractivity contribution in [3.63, 3.8) is 0 Å². The van der Waals surface area contributed by atoms with E-state index in [4.69, 9.17) is 9.47 Å². The first-order valence-corrected chi connectivity index (χ1v) is 7.24. The topological polar surface area (TPSA) is 35.5 Å². The maximum atomic E-state index is 13.6. The van der Waals surface area contributed by atoms with E-state index in [-0.39, 0.29) is 5.56 Å². The molecule has 0 aliphatic carbocycles. The number of ether oxygens (including phenoxy) is 2. The van der Waals surface area contributed by atoms with Crippen LogP contribution in [-0.2, 0) is 19.7 Å². The van der Waals surface area contributed by atoms with Crippen molar-refractivity contribution in [2.45, 2.75) is 44.6 Å². The molecule has 1 aromatic carbocycles. The van der Waals surface area contributed by atoms with Crippen molar-refractivity contribution in [2.24, 2.45) is 0 Å². The molecule has 1 saturated heterocycles. The van der Waals surface area contributed by atoms with Gasteiger partial charge in [0, 0.05) is 12.0 Å². The molecule has 1 aromatic rings. The van der Waals surface area contributed by atoms with Crippen LogP contribution >= 0.6 is 0 Å². The fourth-order valence-corrected chi connectivity index (χ4v) is 2.58. The van der Waals surface area contributed by atoms with Crippen LogP contribution in [0.2, 0.25) is 0 Å². The molecule has 0 saturated carbocycles. The molecular weight excluding hydrogens is 316 g/mol. The molecule has 0 spiro atoms. The Morgan fingerprint density at radius 2 is 1.83 bits per heavy atom. The van der Waals surface area contributed by atoms with E-state index < -0.39 is 35.9 Å². The lowest BCUT2D eigenvalue weighted by Gasteiger charge is -2.32. The Labute approximate surface area is 131 Å². The number of carbonyl (C=O) groups is 1. The minimum atomic E-state index is -4.91. The quantitative estimate of drug-likeness (QED) is 0.779. The second kappa shape index (κ2) is 6.57. The largest absolute Gasteiger partial charge is 0.450 e. The van der Waals surface area contributed by atoms with Gasteiger partial charge in [0.25, 0.3) is 0 Å². The van der Waals surface area contributed by atoms with Crippen molar-refractivity contribution in [1.29, 1.82) is 0 Å². The number of hydrogen-bond acceptors (Lipinski definition) is 3. The zero-order valence-corrected chi connectivity index (χ0v) is 12.9. The summed E-state index contributed by atoms with van der Waals surface area (Å²) in [4.78, 5) is 11.3. The first kappa shape index (κ1) is 17.9. The minimum absolute atomic E-state index is 0.280. The first-order valence-electron chi connectivity index (χ1n) is 7.24. The van der Waals surface area contributed by atoms with E-state index in [1.807, 2.05) is 0 Å². The zero-order valence-electron chi connectivity index (χ0n) is 12.9. The average Bonchev–Trinajstić information content (AvgIpc) is 2.46. The molecule has 7 heteroatoms. The van der Waals surface area contributed by atoms with Gasteiger partial charge in [-0.1, -0.05) is 19.9 Å². The van der Waals surface area contributed by atoms with E-state index >= 15 is 0 Å². The van der Waals surface area contributed by atoms with E-state index in [1.165, 1.54) is 26.0 Å². The van der Waals surface area contributed by atoms with Gasteiger partial charge in [0.2, 0.25) is 5.78 Å². The molecule has 1 aliphatic rings.